The third-order valence-corrected chi connectivity index (χ3v) is 6.30. The maximum atomic E-state index is 13.3. The van der Waals surface area contributed by atoms with Gasteiger partial charge in [0.05, 0.1) is 15.5 Å². The van der Waals surface area contributed by atoms with Gasteiger partial charge in [-0.1, -0.05) is 12.1 Å². The molecule has 0 saturated heterocycles. The number of aromatic hydroxyl groups is 1. The number of nitrogens with one attached hydrogen (secondary N) is 1. The van der Waals surface area contributed by atoms with Crippen molar-refractivity contribution in [1.82, 2.24) is 9.97 Å². The Morgan fingerprint density at radius 2 is 1.97 bits per heavy atom. The lowest BCUT2D eigenvalue weighted by molar-refractivity contribution is 0.0975. The number of benzene rings is 2. The van der Waals surface area contributed by atoms with Gasteiger partial charge in [0.1, 0.15) is 18.0 Å². The number of halogens is 2. The number of carbonyl (C=O) groups is 1. The van der Waals surface area contributed by atoms with Gasteiger partial charge in [0.25, 0.3) is 5.91 Å². The van der Waals surface area contributed by atoms with Crippen molar-refractivity contribution in [1.29, 1.82) is 0 Å². The Balaban J connectivity index is 1.59. The van der Waals surface area contributed by atoms with Crippen LogP contribution in [0.5, 0.6) is 11.6 Å². The van der Waals surface area contributed by atoms with Crippen molar-refractivity contribution in [2.75, 3.05) is 18.1 Å². The van der Waals surface area contributed by atoms with E-state index >= 15 is 0 Å². The number of phenolic OH excluding ortho intramolecular Hbond substituents is 1. The molecule has 0 spiro atoms. The monoisotopic (exact) mass is 527 g/mol. The predicted molar refractivity (Wildman–Crippen MR) is 122 cm³/mol. The van der Waals surface area contributed by atoms with Crippen LogP contribution in [0.3, 0.4) is 0 Å². The van der Waals surface area contributed by atoms with Gasteiger partial charge in [-0.05, 0) is 67.8 Å². The number of aromatic amines is 1. The molecule has 3 heterocycles. The van der Waals surface area contributed by atoms with E-state index in [1.165, 1.54) is 0 Å². The molecule has 0 unspecified atom stereocenters. The molecule has 1 aliphatic heterocycles. The van der Waals surface area contributed by atoms with Crippen LogP contribution >= 0.6 is 31.9 Å². The fourth-order valence-corrected chi connectivity index (χ4v) is 4.83. The number of phenols is 1. The topological polar surface area (TPSA) is 78.4 Å². The maximum Gasteiger partial charge on any atom is 0.258 e. The molecule has 0 radical (unpaired) electrons. The molecule has 0 bridgehead atoms. The quantitative estimate of drug-likeness (QED) is 0.360. The van der Waals surface area contributed by atoms with Gasteiger partial charge in [-0.25, -0.2) is 4.98 Å². The number of pyridine rings is 1. The summed E-state index contributed by atoms with van der Waals surface area (Å²) in [5, 5.41) is 11.0. The Hall–Kier alpha value is -2.84. The van der Waals surface area contributed by atoms with E-state index in [-0.39, 0.29) is 11.7 Å². The highest BCUT2D eigenvalue weighted by atomic mass is 79.9. The van der Waals surface area contributed by atoms with Crippen LogP contribution in [-0.4, -0.2) is 34.1 Å². The fraction of sp³-hybridized carbons (Fsp3) is 0.0909. The lowest BCUT2D eigenvalue weighted by Crippen LogP contribution is -2.38. The van der Waals surface area contributed by atoms with E-state index in [0.29, 0.717) is 39.2 Å². The Kier molecular flexibility index (Phi) is 4.75. The van der Waals surface area contributed by atoms with E-state index in [4.69, 9.17) is 4.74 Å². The molecule has 150 valence electrons. The molecule has 2 aromatic heterocycles. The Morgan fingerprint density at radius 3 is 2.77 bits per heavy atom. The molecule has 5 rings (SSSR count). The molecule has 0 fully saturated rings. The number of rotatable bonds is 2. The number of hydrogen-bond donors (Lipinski definition) is 2. The molecule has 2 N–H and O–H groups in total. The van der Waals surface area contributed by atoms with Crippen molar-refractivity contribution < 1.29 is 14.6 Å². The van der Waals surface area contributed by atoms with Crippen LogP contribution in [0, 0.1) is 0 Å². The number of H-pyrrole nitrogens is 1. The van der Waals surface area contributed by atoms with Crippen LogP contribution in [0.25, 0.3) is 22.0 Å². The highest BCUT2D eigenvalue weighted by Gasteiger charge is 2.27. The Labute approximate surface area is 188 Å². The van der Waals surface area contributed by atoms with Gasteiger partial charge < -0.3 is 19.7 Å². The predicted octanol–water partition coefficient (Wildman–Crippen LogP) is 5.50. The normalized spacial score (nSPS) is 13.2. The summed E-state index contributed by atoms with van der Waals surface area (Å²) in [5.74, 6) is 0.286. The zero-order valence-corrected chi connectivity index (χ0v) is 18.7. The molecule has 6 nitrogen and oxygen atoms in total. The van der Waals surface area contributed by atoms with E-state index in [9.17, 15) is 9.90 Å². The van der Waals surface area contributed by atoms with Gasteiger partial charge in [0.2, 0.25) is 5.88 Å². The second kappa shape index (κ2) is 7.45. The zero-order valence-electron chi connectivity index (χ0n) is 15.5. The minimum atomic E-state index is -0.195. The summed E-state index contributed by atoms with van der Waals surface area (Å²) in [6.07, 6.45) is 3.67. The third kappa shape index (κ3) is 3.16. The van der Waals surface area contributed by atoms with E-state index in [2.05, 4.69) is 41.8 Å². The summed E-state index contributed by atoms with van der Waals surface area (Å²) in [6.45, 7) is 0.764. The number of ether oxygens (including phenoxy) is 1. The second-order valence-corrected chi connectivity index (χ2v) is 8.60. The van der Waals surface area contributed by atoms with Crippen molar-refractivity contribution in [3.05, 3.63) is 69.4 Å². The maximum absolute atomic E-state index is 13.3. The van der Waals surface area contributed by atoms with E-state index in [1.54, 1.807) is 23.2 Å². The summed E-state index contributed by atoms with van der Waals surface area (Å²) < 4.78 is 6.59. The molecule has 0 aliphatic carbocycles. The Bertz CT molecular complexity index is 1280. The highest BCUT2D eigenvalue weighted by molar-refractivity contribution is 9.11. The minimum Gasteiger partial charge on any atom is -0.506 e. The number of fused-ring (bicyclic) bond motifs is 2. The number of carbonyl (C=O) groups excluding carboxylic acids is 1. The number of amides is 1. The molecule has 1 aliphatic rings. The van der Waals surface area contributed by atoms with Crippen LogP contribution < -0.4 is 9.64 Å². The molecule has 0 saturated carbocycles. The lowest BCUT2D eigenvalue weighted by atomic mass is 10.0. The van der Waals surface area contributed by atoms with Crippen molar-refractivity contribution >= 4 is 54.4 Å². The van der Waals surface area contributed by atoms with Gasteiger partial charge in [-0.3, -0.25) is 4.79 Å². The first-order chi connectivity index (χ1) is 14.5. The van der Waals surface area contributed by atoms with Gasteiger partial charge in [-0.15, -0.1) is 0 Å². The smallest absolute Gasteiger partial charge is 0.258 e. The molecule has 2 aromatic carbocycles. The molecular formula is C22H15Br2N3O3. The number of aromatic nitrogens is 2. The van der Waals surface area contributed by atoms with Crippen molar-refractivity contribution in [2.45, 2.75) is 0 Å². The summed E-state index contributed by atoms with van der Waals surface area (Å²) in [5.41, 5.74) is 4.02. The molecular weight excluding hydrogens is 514 g/mol. The van der Waals surface area contributed by atoms with E-state index in [1.807, 2.05) is 36.5 Å². The summed E-state index contributed by atoms with van der Waals surface area (Å²) >= 11 is 6.58. The first-order valence-corrected chi connectivity index (χ1v) is 10.8. The second-order valence-electron chi connectivity index (χ2n) is 6.89. The molecule has 30 heavy (non-hydrogen) atoms. The first-order valence-electron chi connectivity index (χ1n) is 9.22. The van der Waals surface area contributed by atoms with Gasteiger partial charge in [0, 0.05) is 34.4 Å². The average molecular weight is 529 g/mol. The third-order valence-electron chi connectivity index (χ3n) is 5.09. The first kappa shape index (κ1) is 19.1. The van der Waals surface area contributed by atoms with Crippen LogP contribution in [0.15, 0.2) is 63.8 Å². The highest BCUT2D eigenvalue weighted by Crippen LogP contribution is 2.38. The van der Waals surface area contributed by atoms with Crippen molar-refractivity contribution in [3.8, 4) is 22.8 Å². The van der Waals surface area contributed by atoms with Gasteiger partial charge in [0.15, 0.2) is 0 Å². The zero-order chi connectivity index (χ0) is 20.8. The number of hydrogen-bond acceptors (Lipinski definition) is 4. The number of anilines is 1. The van der Waals surface area contributed by atoms with Crippen LogP contribution in [0.4, 0.5) is 5.69 Å². The van der Waals surface area contributed by atoms with Crippen LogP contribution in [0.2, 0.25) is 0 Å². The fourth-order valence-electron chi connectivity index (χ4n) is 3.64. The van der Waals surface area contributed by atoms with Gasteiger partial charge >= 0.3 is 0 Å². The van der Waals surface area contributed by atoms with Crippen LogP contribution in [0.1, 0.15) is 10.4 Å². The van der Waals surface area contributed by atoms with Crippen molar-refractivity contribution in [3.63, 3.8) is 0 Å². The standard InChI is InChI=1S/C22H15Br2N3O3/c23-16-8-12(9-17(24)20(16)28)22(29)27-6-7-30-21-19(27)10-13(11-26-21)14-2-1-3-18-15(14)4-5-25-18/h1-5,8-11,25,28H,6-7H2. The number of nitrogens with zero attached hydrogens (tertiary/aromatic N) is 2. The van der Waals surface area contributed by atoms with E-state index < -0.39 is 0 Å². The molecule has 8 heteroatoms. The summed E-state index contributed by atoms with van der Waals surface area (Å²) in [4.78, 5) is 22.7. The van der Waals surface area contributed by atoms with E-state index in [0.717, 1.165) is 22.0 Å². The Morgan fingerprint density at radius 1 is 1.17 bits per heavy atom. The summed E-state index contributed by atoms with van der Waals surface area (Å²) in [7, 11) is 0. The van der Waals surface area contributed by atoms with Crippen molar-refractivity contribution in [2.24, 2.45) is 0 Å². The molecule has 0 atom stereocenters. The molecule has 1 amide bonds. The SMILES string of the molecule is O=C(c1cc(Br)c(O)c(Br)c1)N1CCOc2ncc(-c3cccc4[nH]ccc34)cc21. The lowest BCUT2D eigenvalue weighted by Gasteiger charge is -2.29. The summed E-state index contributed by atoms with van der Waals surface area (Å²) in [6, 6.07) is 13.2. The minimum absolute atomic E-state index is 0.0532. The molecule has 4 aromatic rings. The van der Waals surface area contributed by atoms with Crippen LogP contribution in [-0.2, 0) is 0 Å². The average Bonchev–Trinajstić information content (AvgIpc) is 3.25. The van der Waals surface area contributed by atoms with Gasteiger partial charge in [-0.2, -0.15) is 0 Å². The largest absolute Gasteiger partial charge is 0.506 e.